The highest BCUT2D eigenvalue weighted by molar-refractivity contribution is 5.92. The minimum Gasteiger partial charge on any atom is -0.493 e. The molecule has 2 rings (SSSR count). The molecule has 0 radical (unpaired) electrons. The van der Waals surface area contributed by atoms with Crippen LogP contribution >= 0.6 is 0 Å². The molecule has 0 saturated heterocycles. The molecule has 0 atom stereocenters. The lowest BCUT2D eigenvalue weighted by atomic mass is 10.1. The minimum atomic E-state index is 0.687. The molecule has 0 aliphatic carbocycles. The Hall–Kier alpha value is -1.83. The molecule has 2 aromatic rings. The van der Waals surface area contributed by atoms with Crippen molar-refractivity contribution in [2.75, 3.05) is 6.61 Å². The lowest BCUT2D eigenvalue weighted by Gasteiger charge is -2.09. The number of unbranched alkanes of at least 4 members (excludes halogenated alkanes) is 2. The molecule has 18 heavy (non-hydrogen) atoms. The highest BCUT2D eigenvalue weighted by Gasteiger charge is 2.03. The topological polar surface area (TPSA) is 26.3 Å². The number of fused-ring (bicyclic) bond motifs is 1. The van der Waals surface area contributed by atoms with Gasteiger partial charge in [-0.3, -0.25) is 4.79 Å². The van der Waals surface area contributed by atoms with E-state index in [0.717, 1.165) is 35.8 Å². The molecule has 0 amide bonds. The van der Waals surface area contributed by atoms with Gasteiger partial charge in [0.1, 0.15) is 12.0 Å². The van der Waals surface area contributed by atoms with Crippen LogP contribution in [-0.4, -0.2) is 12.9 Å². The van der Waals surface area contributed by atoms with Crippen LogP contribution in [-0.2, 0) is 0 Å². The Labute approximate surface area is 108 Å². The Balaban J connectivity index is 2.23. The number of ether oxygens (including phenoxy) is 1. The van der Waals surface area contributed by atoms with E-state index >= 15 is 0 Å². The van der Waals surface area contributed by atoms with Gasteiger partial charge in [-0.15, -0.1) is 0 Å². The van der Waals surface area contributed by atoms with Crippen molar-refractivity contribution in [2.24, 2.45) is 0 Å². The molecule has 0 spiro atoms. The maximum atomic E-state index is 10.8. The zero-order valence-corrected chi connectivity index (χ0v) is 10.7. The Morgan fingerprint density at radius 1 is 1.17 bits per heavy atom. The molecule has 0 unspecified atom stereocenters. The second-order valence-electron chi connectivity index (χ2n) is 4.41. The Kier molecular flexibility index (Phi) is 4.35. The maximum absolute atomic E-state index is 10.8. The van der Waals surface area contributed by atoms with Gasteiger partial charge in [0.05, 0.1) is 6.61 Å². The smallest absolute Gasteiger partial charge is 0.150 e. The van der Waals surface area contributed by atoms with E-state index in [4.69, 9.17) is 4.74 Å². The van der Waals surface area contributed by atoms with Crippen molar-refractivity contribution < 1.29 is 9.53 Å². The molecule has 0 N–H and O–H groups in total. The highest BCUT2D eigenvalue weighted by atomic mass is 16.5. The second kappa shape index (κ2) is 6.20. The summed E-state index contributed by atoms with van der Waals surface area (Å²) in [5, 5.41) is 2.12. The molecular weight excluding hydrogens is 224 g/mol. The summed E-state index contributed by atoms with van der Waals surface area (Å²) in [6.07, 6.45) is 4.31. The second-order valence-corrected chi connectivity index (χ2v) is 4.41. The van der Waals surface area contributed by atoms with Gasteiger partial charge in [-0.25, -0.2) is 0 Å². The molecule has 0 heterocycles. The van der Waals surface area contributed by atoms with Gasteiger partial charge in [-0.05, 0) is 23.9 Å². The van der Waals surface area contributed by atoms with Crippen molar-refractivity contribution in [3.8, 4) is 5.75 Å². The van der Waals surface area contributed by atoms with Crippen LogP contribution in [0.1, 0.15) is 36.5 Å². The van der Waals surface area contributed by atoms with Gasteiger partial charge in [0.25, 0.3) is 0 Å². The van der Waals surface area contributed by atoms with E-state index in [1.807, 2.05) is 36.4 Å². The zero-order chi connectivity index (χ0) is 12.8. The van der Waals surface area contributed by atoms with Crippen molar-refractivity contribution >= 4 is 17.1 Å². The number of rotatable bonds is 6. The standard InChI is InChI=1S/C16H18O2/c1-2-3-4-10-18-16-7-5-6-14-9-8-13(12-17)11-15(14)16/h5-9,11-12H,2-4,10H2,1H3. The van der Waals surface area contributed by atoms with Gasteiger partial charge >= 0.3 is 0 Å². The van der Waals surface area contributed by atoms with Crippen LogP contribution in [0.3, 0.4) is 0 Å². The Morgan fingerprint density at radius 3 is 2.83 bits per heavy atom. The van der Waals surface area contributed by atoms with Gasteiger partial charge in [-0.1, -0.05) is 44.0 Å². The normalized spacial score (nSPS) is 10.5. The van der Waals surface area contributed by atoms with Crippen molar-refractivity contribution in [1.82, 2.24) is 0 Å². The summed E-state index contributed by atoms with van der Waals surface area (Å²) in [7, 11) is 0. The van der Waals surface area contributed by atoms with Crippen molar-refractivity contribution in [1.29, 1.82) is 0 Å². The molecule has 0 aromatic heterocycles. The van der Waals surface area contributed by atoms with Crippen molar-refractivity contribution in [3.05, 3.63) is 42.0 Å². The molecule has 0 aliphatic rings. The van der Waals surface area contributed by atoms with E-state index < -0.39 is 0 Å². The third-order valence-corrected chi connectivity index (χ3v) is 3.01. The molecule has 2 nitrogen and oxygen atoms in total. The van der Waals surface area contributed by atoms with Crippen molar-refractivity contribution in [2.45, 2.75) is 26.2 Å². The van der Waals surface area contributed by atoms with Crippen LogP contribution in [0.5, 0.6) is 5.75 Å². The van der Waals surface area contributed by atoms with Gasteiger partial charge in [0.15, 0.2) is 0 Å². The molecule has 0 aliphatic heterocycles. The predicted octanol–water partition coefficient (Wildman–Crippen LogP) is 4.22. The Morgan fingerprint density at radius 2 is 2.06 bits per heavy atom. The average Bonchev–Trinajstić information content (AvgIpc) is 2.43. The van der Waals surface area contributed by atoms with E-state index in [0.29, 0.717) is 5.56 Å². The molecule has 0 fully saturated rings. The summed E-state index contributed by atoms with van der Waals surface area (Å²) in [5.41, 5.74) is 0.687. The fourth-order valence-electron chi connectivity index (χ4n) is 1.99. The first kappa shape index (κ1) is 12.6. The van der Waals surface area contributed by atoms with Gasteiger partial charge < -0.3 is 4.74 Å². The van der Waals surface area contributed by atoms with E-state index in [2.05, 4.69) is 6.92 Å². The number of hydrogen-bond donors (Lipinski definition) is 0. The van der Waals surface area contributed by atoms with Crippen LogP contribution in [0.2, 0.25) is 0 Å². The summed E-state index contributed by atoms with van der Waals surface area (Å²) < 4.78 is 5.80. The molecular formula is C16H18O2. The first-order valence-electron chi connectivity index (χ1n) is 6.46. The maximum Gasteiger partial charge on any atom is 0.150 e. The average molecular weight is 242 g/mol. The Bertz CT molecular complexity index is 532. The van der Waals surface area contributed by atoms with Crippen molar-refractivity contribution in [3.63, 3.8) is 0 Å². The number of carbonyl (C=O) groups excluding carboxylic acids is 1. The van der Waals surface area contributed by atoms with Crippen LogP contribution in [0.25, 0.3) is 10.8 Å². The van der Waals surface area contributed by atoms with E-state index in [9.17, 15) is 4.79 Å². The monoisotopic (exact) mass is 242 g/mol. The SMILES string of the molecule is CCCCCOc1cccc2ccc(C=O)cc12. The number of benzene rings is 2. The first-order valence-corrected chi connectivity index (χ1v) is 6.46. The van der Waals surface area contributed by atoms with E-state index in [-0.39, 0.29) is 0 Å². The summed E-state index contributed by atoms with van der Waals surface area (Å²) in [6.45, 7) is 2.91. The van der Waals surface area contributed by atoms with Crippen LogP contribution in [0, 0.1) is 0 Å². The quantitative estimate of drug-likeness (QED) is 0.560. The third-order valence-electron chi connectivity index (χ3n) is 3.01. The van der Waals surface area contributed by atoms with Gasteiger partial charge in [0.2, 0.25) is 0 Å². The lowest BCUT2D eigenvalue weighted by Crippen LogP contribution is -1.97. The lowest BCUT2D eigenvalue weighted by molar-refractivity contribution is 0.112. The predicted molar refractivity (Wildman–Crippen MR) is 74.4 cm³/mol. The largest absolute Gasteiger partial charge is 0.493 e. The van der Waals surface area contributed by atoms with Crippen LogP contribution in [0.4, 0.5) is 0 Å². The zero-order valence-electron chi connectivity index (χ0n) is 10.7. The summed E-state index contributed by atoms with van der Waals surface area (Å²) >= 11 is 0. The first-order chi connectivity index (χ1) is 8.85. The number of carbonyl (C=O) groups is 1. The fraction of sp³-hybridized carbons (Fsp3) is 0.312. The highest BCUT2D eigenvalue weighted by Crippen LogP contribution is 2.26. The molecule has 2 aromatic carbocycles. The number of hydrogen-bond acceptors (Lipinski definition) is 2. The van der Waals surface area contributed by atoms with Gasteiger partial charge in [-0.2, -0.15) is 0 Å². The van der Waals surface area contributed by atoms with Gasteiger partial charge in [0, 0.05) is 10.9 Å². The fourth-order valence-corrected chi connectivity index (χ4v) is 1.99. The molecule has 0 bridgehead atoms. The van der Waals surface area contributed by atoms with E-state index in [1.54, 1.807) is 0 Å². The number of aldehydes is 1. The van der Waals surface area contributed by atoms with Crippen LogP contribution in [0.15, 0.2) is 36.4 Å². The summed E-state index contributed by atoms with van der Waals surface area (Å²) in [4.78, 5) is 10.8. The summed E-state index contributed by atoms with van der Waals surface area (Å²) in [6, 6.07) is 11.6. The minimum absolute atomic E-state index is 0.687. The molecule has 2 heteroatoms. The molecule has 94 valence electrons. The summed E-state index contributed by atoms with van der Waals surface area (Å²) in [5.74, 6) is 0.868. The van der Waals surface area contributed by atoms with E-state index in [1.165, 1.54) is 12.8 Å². The molecule has 0 saturated carbocycles. The van der Waals surface area contributed by atoms with Crippen LogP contribution < -0.4 is 4.74 Å². The third kappa shape index (κ3) is 2.89.